The van der Waals surface area contributed by atoms with Crippen molar-refractivity contribution in [2.24, 2.45) is 5.92 Å². The third kappa shape index (κ3) is 4.13. The lowest BCUT2D eigenvalue weighted by Crippen LogP contribution is -2.46. The molecular weight excluding hydrogens is 348 g/mol. The molecule has 2 aliphatic rings. The molecule has 0 radical (unpaired) electrons. The second kappa shape index (κ2) is 8.21. The van der Waals surface area contributed by atoms with Gasteiger partial charge in [-0.05, 0) is 55.5 Å². The third-order valence-electron chi connectivity index (χ3n) is 5.92. The summed E-state index contributed by atoms with van der Waals surface area (Å²) in [5.41, 5.74) is 4.27. The Morgan fingerprint density at radius 3 is 2.39 bits per heavy atom. The summed E-state index contributed by atoms with van der Waals surface area (Å²) >= 11 is 0. The topological polar surface area (TPSA) is 39.7 Å². The lowest BCUT2D eigenvalue weighted by Gasteiger charge is -2.37. The molecule has 4 rings (SSSR count). The number of hydrogen-bond acceptors (Lipinski definition) is 4. The Morgan fingerprint density at radius 1 is 1.00 bits per heavy atom. The minimum atomic E-state index is 0.0716. The molecule has 0 saturated carbocycles. The number of anilines is 2. The highest BCUT2D eigenvalue weighted by atomic mass is 16.2. The minimum absolute atomic E-state index is 0.0716. The van der Waals surface area contributed by atoms with Crippen LogP contribution in [-0.2, 0) is 0 Å². The molecule has 0 spiro atoms. The zero-order valence-corrected chi connectivity index (χ0v) is 17.0. The predicted octanol–water partition coefficient (Wildman–Crippen LogP) is 3.59. The van der Waals surface area contributed by atoms with Crippen molar-refractivity contribution in [2.75, 3.05) is 49.1 Å². The zero-order valence-electron chi connectivity index (χ0n) is 17.0. The van der Waals surface area contributed by atoms with E-state index in [1.165, 1.54) is 17.7 Å². The van der Waals surface area contributed by atoms with E-state index < -0.39 is 0 Å². The molecule has 3 heterocycles. The van der Waals surface area contributed by atoms with Crippen molar-refractivity contribution in [1.82, 2.24) is 9.88 Å². The van der Waals surface area contributed by atoms with Crippen molar-refractivity contribution in [2.45, 2.75) is 26.7 Å². The molecule has 1 unspecified atom stereocenters. The fraction of sp³-hybridized carbons (Fsp3) is 0.478. The molecular formula is C23H30N4O. The quantitative estimate of drug-likeness (QED) is 0.818. The molecule has 28 heavy (non-hydrogen) atoms. The fourth-order valence-electron chi connectivity index (χ4n) is 4.28. The van der Waals surface area contributed by atoms with Gasteiger partial charge in [-0.3, -0.25) is 4.79 Å². The molecule has 2 aliphatic heterocycles. The summed E-state index contributed by atoms with van der Waals surface area (Å²) in [6, 6.07) is 12.6. The van der Waals surface area contributed by atoms with Gasteiger partial charge in [0.2, 0.25) is 0 Å². The van der Waals surface area contributed by atoms with E-state index in [9.17, 15) is 4.79 Å². The highest BCUT2D eigenvalue weighted by Gasteiger charge is 2.23. The molecule has 2 fully saturated rings. The van der Waals surface area contributed by atoms with Crippen molar-refractivity contribution >= 4 is 17.3 Å². The first kappa shape index (κ1) is 18.8. The molecule has 1 amide bonds. The van der Waals surface area contributed by atoms with Crippen LogP contribution in [0.2, 0.25) is 0 Å². The van der Waals surface area contributed by atoms with E-state index in [-0.39, 0.29) is 5.91 Å². The number of aryl methyl sites for hydroxylation is 1. The number of hydrogen-bond donors (Lipinski definition) is 0. The van der Waals surface area contributed by atoms with Crippen molar-refractivity contribution in [3.05, 3.63) is 53.9 Å². The van der Waals surface area contributed by atoms with E-state index in [4.69, 9.17) is 0 Å². The highest BCUT2D eigenvalue weighted by Crippen LogP contribution is 2.22. The van der Waals surface area contributed by atoms with Crippen LogP contribution in [0.3, 0.4) is 0 Å². The summed E-state index contributed by atoms with van der Waals surface area (Å²) in [5.74, 6) is 0.657. The summed E-state index contributed by atoms with van der Waals surface area (Å²) in [7, 11) is 0. The monoisotopic (exact) mass is 378 g/mol. The number of nitrogens with zero attached hydrogens (tertiary/aromatic N) is 4. The van der Waals surface area contributed by atoms with Gasteiger partial charge >= 0.3 is 0 Å². The number of rotatable bonds is 3. The average molecular weight is 379 g/mol. The van der Waals surface area contributed by atoms with Crippen molar-refractivity contribution in [3.8, 4) is 0 Å². The van der Waals surface area contributed by atoms with Crippen LogP contribution in [0.25, 0.3) is 0 Å². The number of aromatic nitrogens is 1. The molecule has 2 aromatic rings. The van der Waals surface area contributed by atoms with Crippen LogP contribution in [0, 0.1) is 12.8 Å². The van der Waals surface area contributed by atoms with Gasteiger partial charge in [0.1, 0.15) is 5.69 Å². The molecule has 1 atom stereocenters. The second-order valence-electron chi connectivity index (χ2n) is 8.21. The first-order chi connectivity index (χ1) is 13.6. The molecule has 0 aliphatic carbocycles. The molecule has 5 nitrogen and oxygen atoms in total. The maximum absolute atomic E-state index is 12.7. The van der Waals surface area contributed by atoms with E-state index in [1.807, 2.05) is 17.2 Å². The zero-order chi connectivity index (χ0) is 19.5. The minimum Gasteiger partial charge on any atom is -0.368 e. The van der Waals surface area contributed by atoms with Gasteiger partial charge in [-0.2, -0.15) is 0 Å². The third-order valence-corrected chi connectivity index (χ3v) is 5.92. The number of carbonyl (C=O) groups is 1. The van der Waals surface area contributed by atoms with Crippen molar-refractivity contribution in [3.63, 3.8) is 0 Å². The van der Waals surface area contributed by atoms with Gasteiger partial charge in [0, 0.05) is 45.0 Å². The predicted molar refractivity (Wildman–Crippen MR) is 114 cm³/mol. The second-order valence-corrected chi connectivity index (χ2v) is 8.21. The van der Waals surface area contributed by atoms with Crippen LogP contribution in [0.5, 0.6) is 0 Å². The number of amides is 1. The smallest absolute Gasteiger partial charge is 0.272 e. The van der Waals surface area contributed by atoms with E-state index in [2.05, 4.69) is 59.0 Å². The lowest BCUT2D eigenvalue weighted by molar-refractivity contribution is 0.0677. The Kier molecular flexibility index (Phi) is 5.51. The summed E-state index contributed by atoms with van der Waals surface area (Å²) in [6.45, 7) is 9.98. The van der Waals surface area contributed by atoms with Gasteiger partial charge in [-0.25, -0.2) is 4.98 Å². The maximum Gasteiger partial charge on any atom is 0.272 e. The SMILES string of the molecule is Cc1cccc(N2CCN(c3ccc(C(=O)N4CCCC(C)C4)nc3)CC2)c1. The van der Waals surface area contributed by atoms with E-state index in [1.54, 1.807) is 0 Å². The van der Waals surface area contributed by atoms with Crippen LogP contribution < -0.4 is 9.80 Å². The van der Waals surface area contributed by atoms with Crippen LogP contribution in [-0.4, -0.2) is 55.1 Å². The van der Waals surface area contributed by atoms with Crippen LogP contribution in [0.4, 0.5) is 11.4 Å². The number of piperidine rings is 1. The van der Waals surface area contributed by atoms with Crippen molar-refractivity contribution < 1.29 is 4.79 Å². The van der Waals surface area contributed by atoms with Gasteiger partial charge in [0.15, 0.2) is 0 Å². The molecule has 1 aromatic heterocycles. The van der Waals surface area contributed by atoms with Gasteiger partial charge in [0.05, 0.1) is 11.9 Å². The summed E-state index contributed by atoms with van der Waals surface area (Å²) in [6.07, 6.45) is 4.17. The Labute approximate surface area is 168 Å². The molecule has 0 bridgehead atoms. The van der Waals surface area contributed by atoms with Crippen LogP contribution in [0.15, 0.2) is 42.6 Å². The number of benzene rings is 1. The van der Waals surface area contributed by atoms with Gasteiger partial charge in [-0.15, -0.1) is 0 Å². The molecule has 5 heteroatoms. The van der Waals surface area contributed by atoms with Crippen molar-refractivity contribution in [1.29, 1.82) is 0 Å². The Morgan fingerprint density at radius 2 is 1.75 bits per heavy atom. The molecule has 148 valence electrons. The molecule has 2 saturated heterocycles. The van der Waals surface area contributed by atoms with Crippen LogP contribution in [0.1, 0.15) is 35.8 Å². The standard InChI is InChI=1S/C23H30N4O/c1-18-5-3-7-20(15-18)25-11-13-26(14-12-25)21-8-9-22(24-16-21)23(28)27-10-4-6-19(2)17-27/h3,5,7-9,15-16,19H,4,6,10-14,17H2,1-2H3. The number of pyridine rings is 1. The highest BCUT2D eigenvalue weighted by molar-refractivity contribution is 5.92. The first-order valence-electron chi connectivity index (χ1n) is 10.4. The Bertz CT molecular complexity index is 812. The Hall–Kier alpha value is -2.56. The van der Waals surface area contributed by atoms with E-state index >= 15 is 0 Å². The van der Waals surface area contributed by atoms with Gasteiger partial charge in [-0.1, -0.05) is 19.1 Å². The summed E-state index contributed by atoms with van der Waals surface area (Å²) < 4.78 is 0. The first-order valence-corrected chi connectivity index (χ1v) is 10.4. The summed E-state index contributed by atoms with van der Waals surface area (Å²) in [5, 5.41) is 0. The van der Waals surface area contributed by atoms with E-state index in [0.29, 0.717) is 11.6 Å². The normalized spacial score (nSPS) is 20.4. The van der Waals surface area contributed by atoms with Gasteiger partial charge < -0.3 is 14.7 Å². The number of likely N-dealkylation sites (tertiary alicyclic amines) is 1. The Balaban J connectivity index is 1.36. The van der Waals surface area contributed by atoms with Gasteiger partial charge in [0.25, 0.3) is 5.91 Å². The lowest BCUT2D eigenvalue weighted by atomic mass is 10.00. The fourth-order valence-corrected chi connectivity index (χ4v) is 4.28. The number of piperazine rings is 1. The average Bonchev–Trinajstić information content (AvgIpc) is 2.73. The maximum atomic E-state index is 12.7. The van der Waals surface area contributed by atoms with Crippen LogP contribution >= 0.6 is 0 Å². The largest absolute Gasteiger partial charge is 0.368 e. The number of carbonyl (C=O) groups excluding carboxylic acids is 1. The molecule has 1 aromatic carbocycles. The van der Waals surface area contributed by atoms with E-state index in [0.717, 1.165) is 51.4 Å². The summed E-state index contributed by atoms with van der Waals surface area (Å²) in [4.78, 5) is 23.9. The molecule has 0 N–H and O–H groups in total.